The van der Waals surface area contributed by atoms with Crippen LogP contribution in [0.15, 0.2) is 24.8 Å². The first-order chi connectivity index (χ1) is 9.50. The van der Waals surface area contributed by atoms with E-state index in [2.05, 4.69) is 26.5 Å². The molecule has 0 radical (unpaired) electrons. The summed E-state index contributed by atoms with van der Waals surface area (Å²) in [4.78, 5) is 0. The maximum Gasteiger partial charge on any atom is 0.131 e. The molecule has 2 rings (SSSR count). The van der Waals surface area contributed by atoms with Crippen LogP contribution in [0.5, 0.6) is 11.5 Å². The lowest BCUT2D eigenvalue weighted by Crippen LogP contribution is -2.31. The lowest BCUT2D eigenvalue weighted by molar-refractivity contribution is 0.128. The number of aromatic hydroxyl groups is 1. The second-order valence-corrected chi connectivity index (χ2v) is 5.75. The standard InChI is InChI=1S/C18H24O2/c1-5-7-10-18(4)11-9-15-16(20-18)12-14(8-6-2)13(3)17(15)19/h5,9,11-12,19H,1,6-8,10H2,2-4H3. The summed E-state index contributed by atoms with van der Waals surface area (Å²) in [6.07, 6.45) is 9.76. The number of hydrogen-bond acceptors (Lipinski definition) is 2. The number of hydrogen-bond donors (Lipinski definition) is 1. The van der Waals surface area contributed by atoms with E-state index in [9.17, 15) is 5.11 Å². The molecule has 1 aromatic carbocycles. The minimum Gasteiger partial charge on any atom is -0.507 e. The van der Waals surface area contributed by atoms with Gasteiger partial charge >= 0.3 is 0 Å². The SMILES string of the molecule is C=CCCC1(C)C=Cc2c(cc(CCC)c(C)c2O)O1. The van der Waals surface area contributed by atoms with Gasteiger partial charge in [-0.05, 0) is 62.5 Å². The number of phenols is 1. The maximum absolute atomic E-state index is 10.3. The largest absolute Gasteiger partial charge is 0.507 e. The van der Waals surface area contributed by atoms with Crippen LogP contribution in [0.2, 0.25) is 0 Å². The van der Waals surface area contributed by atoms with Crippen LogP contribution in [0.3, 0.4) is 0 Å². The molecule has 1 unspecified atom stereocenters. The zero-order valence-corrected chi connectivity index (χ0v) is 12.7. The van der Waals surface area contributed by atoms with Gasteiger partial charge in [-0.25, -0.2) is 0 Å². The molecule has 0 spiro atoms. The van der Waals surface area contributed by atoms with Crippen molar-refractivity contribution in [2.45, 2.75) is 52.1 Å². The molecular formula is C18H24O2. The molecule has 0 fully saturated rings. The minimum atomic E-state index is -0.313. The van der Waals surface area contributed by atoms with Gasteiger partial charge in [0.05, 0.1) is 5.56 Å². The number of rotatable bonds is 5. The Labute approximate surface area is 121 Å². The fourth-order valence-corrected chi connectivity index (χ4v) is 2.66. The van der Waals surface area contributed by atoms with E-state index in [1.54, 1.807) is 0 Å². The number of aryl methyl sites for hydroxylation is 1. The van der Waals surface area contributed by atoms with Crippen LogP contribution >= 0.6 is 0 Å². The average Bonchev–Trinajstić information content (AvgIpc) is 2.42. The van der Waals surface area contributed by atoms with Crippen molar-refractivity contribution in [3.05, 3.63) is 41.5 Å². The van der Waals surface area contributed by atoms with E-state index in [1.807, 2.05) is 25.2 Å². The summed E-state index contributed by atoms with van der Waals surface area (Å²) < 4.78 is 6.15. The molecule has 0 aromatic heterocycles. The van der Waals surface area contributed by atoms with Gasteiger partial charge in [-0.2, -0.15) is 0 Å². The lowest BCUT2D eigenvalue weighted by atomic mass is 9.92. The van der Waals surface area contributed by atoms with Crippen molar-refractivity contribution in [1.29, 1.82) is 0 Å². The van der Waals surface area contributed by atoms with Crippen LogP contribution in [0.4, 0.5) is 0 Å². The highest BCUT2D eigenvalue weighted by molar-refractivity contribution is 5.70. The topological polar surface area (TPSA) is 29.5 Å². The first kappa shape index (κ1) is 14.7. The van der Waals surface area contributed by atoms with Crippen molar-refractivity contribution in [1.82, 2.24) is 0 Å². The summed E-state index contributed by atoms with van der Waals surface area (Å²) in [5, 5.41) is 10.3. The fourth-order valence-electron chi connectivity index (χ4n) is 2.66. The Balaban J connectivity index is 2.38. The molecule has 0 aliphatic carbocycles. The van der Waals surface area contributed by atoms with Gasteiger partial charge in [0.25, 0.3) is 0 Å². The van der Waals surface area contributed by atoms with Crippen molar-refractivity contribution in [3.63, 3.8) is 0 Å². The summed E-state index contributed by atoms with van der Waals surface area (Å²) in [5.74, 6) is 1.15. The Hall–Kier alpha value is -1.70. The van der Waals surface area contributed by atoms with Crippen LogP contribution in [0.1, 0.15) is 49.8 Å². The zero-order chi connectivity index (χ0) is 14.8. The fraction of sp³-hybridized carbons (Fsp3) is 0.444. The van der Waals surface area contributed by atoms with Crippen LogP contribution in [0.25, 0.3) is 6.08 Å². The van der Waals surface area contributed by atoms with Crippen LogP contribution in [0, 0.1) is 6.92 Å². The molecule has 1 atom stereocenters. The molecule has 0 saturated heterocycles. The summed E-state index contributed by atoms with van der Waals surface area (Å²) in [5.41, 5.74) is 2.63. The highest BCUT2D eigenvalue weighted by atomic mass is 16.5. The van der Waals surface area contributed by atoms with E-state index in [0.717, 1.165) is 42.6 Å². The first-order valence-electron chi connectivity index (χ1n) is 7.35. The number of fused-ring (bicyclic) bond motifs is 1. The smallest absolute Gasteiger partial charge is 0.131 e. The second-order valence-electron chi connectivity index (χ2n) is 5.75. The molecule has 0 amide bonds. The molecule has 1 heterocycles. The van der Waals surface area contributed by atoms with Gasteiger partial charge in [-0.15, -0.1) is 6.58 Å². The van der Waals surface area contributed by atoms with Crippen LogP contribution < -0.4 is 4.74 Å². The molecule has 2 nitrogen and oxygen atoms in total. The van der Waals surface area contributed by atoms with Crippen molar-refractivity contribution in [3.8, 4) is 11.5 Å². The number of ether oxygens (including phenoxy) is 1. The molecule has 0 bridgehead atoms. The summed E-state index contributed by atoms with van der Waals surface area (Å²) >= 11 is 0. The normalized spacial score (nSPS) is 20.4. The van der Waals surface area contributed by atoms with Gasteiger partial charge in [-0.3, -0.25) is 0 Å². The predicted octanol–water partition coefficient (Wildman–Crippen LogP) is 4.78. The Kier molecular flexibility index (Phi) is 4.22. The van der Waals surface area contributed by atoms with E-state index in [1.165, 1.54) is 5.56 Å². The lowest BCUT2D eigenvalue weighted by Gasteiger charge is -2.32. The second kappa shape index (κ2) is 5.74. The van der Waals surface area contributed by atoms with E-state index >= 15 is 0 Å². The highest BCUT2D eigenvalue weighted by Gasteiger charge is 2.28. The maximum atomic E-state index is 10.3. The van der Waals surface area contributed by atoms with Gasteiger partial charge in [0, 0.05) is 0 Å². The van der Waals surface area contributed by atoms with E-state index in [4.69, 9.17) is 4.74 Å². The Morgan fingerprint density at radius 1 is 1.45 bits per heavy atom. The monoisotopic (exact) mass is 272 g/mol. The number of allylic oxidation sites excluding steroid dienone is 1. The molecule has 108 valence electrons. The first-order valence-corrected chi connectivity index (χ1v) is 7.35. The molecule has 2 heteroatoms. The van der Waals surface area contributed by atoms with Gasteiger partial charge in [0.2, 0.25) is 0 Å². The third-order valence-electron chi connectivity index (χ3n) is 3.97. The van der Waals surface area contributed by atoms with Gasteiger partial charge in [0.1, 0.15) is 17.1 Å². The van der Waals surface area contributed by atoms with Crippen LogP contribution in [-0.2, 0) is 6.42 Å². The average molecular weight is 272 g/mol. The quantitative estimate of drug-likeness (QED) is 0.781. The van der Waals surface area contributed by atoms with Crippen molar-refractivity contribution < 1.29 is 9.84 Å². The Morgan fingerprint density at radius 2 is 2.20 bits per heavy atom. The zero-order valence-electron chi connectivity index (χ0n) is 12.7. The molecule has 1 aliphatic heterocycles. The highest BCUT2D eigenvalue weighted by Crippen LogP contribution is 2.41. The third-order valence-corrected chi connectivity index (χ3v) is 3.97. The van der Waals surface area contributed by atoms with Gasteiger partial charge in [0.15, 0.2) is 0 Å². The summed E-state index contributed by atoms with van der Waals surface area (Å²) in [7, 11) is 0. The molecule has 1 aromatic rings. The van der Waals surface area contributed by atoms with Gasteiger partial charge in [-0.1, -0.05) is 19.4 Å². The summed E-state index contributed by atoms with van der Waals surface area (Å²) in [6, 6.07) is 2.09. The molecular weight excluding hydrogens is 248 g/mol. The van der Waals surface area contributed by atoms with Gasteiger partial charge < -0.3 is 9.84 Å². The van der Waals surface area contributed by atoms with E-state index in [0.29, 0.717) is 5.75 Å². The van der Waals surface area contributed by atoms with Crippen molar-refractivity contribution in [2.24, 2.45) is 0 Å². The molecule has 1 aliphatic rings. The Bertz CT molecular complexity index is 543. The van der Waals surface area contributed by atoms with E-state index in [-0.39, 0.29) is 5.60 Å². The third kappa shape index (κ3) is 2.74. The minimum absolute atomic E-state index is 0.313. The number of benzene rings is 1. The molecule has 1 N–H and O–H groups in total. The summed E-state index contributed by atoms with van der Waals surface area (Å²) in [6.45, 7) is 9.96. The van der Waals surface area contributed by atoms with Crippen molar-refractivity contribution >= 4 is 6.08 Å². The Morgan fingerprint density at radius 3 is 2.85 bits per heavy atom. The molecule has 0 saturated carbocycles. The number of phenolic OH excluding ortho intramolecular Hbond substituents is 1. The van der Waals surface area contributed by atoms with Crippen molar-refractivity contribution in [2.75, 3.05) is 0 Å². The van der Waals surface area contributed by atoms with E-state index < -0.39 is 0 Å². The predicted molar refractivity (Wildman–Crippen MR) is 84.3 cm³/mol. The molecule has 20 heavy (non-hydrogen) atoms. The van der Waals surface area contributed by atoms with Crippen LogP contribution in [-0.4, -0.2) is 10.7 Å².